The Hall–Kier alpha value is -3.51. The molecule has 0 fully saturated rings. The van der Waals surface area contributed by atoms with Gasteiger partial charge in [-0.2, -0.15) is 0 Å². The highest BCUT2D eigenvalue weighted by Crippen LogP contribution is 2.30. The Labute approximate surface area is 178 Å². The number of rotatable bonds is 5. The fourth-order valence-electron chi connectivity index (χ4n) is 3.28. The second-order valence-electron chi connectivity index (χ2n) is 6.92. The number of ether oxygens (including phenoxy) is 1. The van der Waals surface area contributed by atoms with E-state index in [1.54, 1.807) is 16.3 Å². The molecule has 0 saturated heterocycles. The number of thiazole rings is 1. The highest BCUT2D eigenvalue weighted by Gasteiger charge is 2.19. The Balaban J connectivity index is 1.51. The maximum absolute atomic E-state index is 12.6. The molecule has 0 bridgehead atoms. The second kappa shape index (κ2) is 8.47. The van der Waals surface area contributed by atoms with E-state index in [9.17, 15) is 9.59 Å². The zero-order valence-electron chi connectivity index (χ0n) is 16.7. The molecule has 4 aromatic rings. The summed E-state index contributed by atoms with van der Waals surface area (Å²) in [5, 5.41) is 4.19. The molecule has 4 rings (SSSR count). The third kappa shape index (κ3) is 4.09. The van der Waals surface area contributed by atoms with E-state index in [2.05, 4.69) is 4.98 Å². The first-order valence-corrected chi connectivity index (χ1v) is 10.4. The van der Waals surface area contributed by atoms with Gasteiger partial charge in [0.1, 0.15) is 6.61 Å². The van der Waals surface area contributed by atoms with E-state index in [0.717, 1.165) is 22.0 Å². The lowest BCUT2D eigenvalue weighted by Crippen LogP contribution is -2.22. The van der Waals surface area contributed by atoms with Crippen molar-refractivity contribution in [2.24, 2.45) is 0 Å². The van der Waals surface area contributed by atoms with Crippen LogP contribution < -0.4 is 4.90 Å². The summed E-state index contributed by atoms with van der Waals surface area (Å²) in [5.74, 6) is -0.530. The van der Waals surface area contributed by atoms with Crippen LogP contribution in [-0.2, 0) is 16.1 Å². The molecular formula is C24H20N2O3S. The summed E-state index contributed by atoms with van der Waals surface area (Å²) in [4.78, 5) is 31.0. The van der Waals surface area contributed by atoms with E-state index in [0.29, 0.717) is 16.4 Å². The molecule has 0 aliphatic rings. The summed E-state index contributed by atoms with van der Waals surface area (Å²) in [6.07, 6.45) is 0. The van der Waals surface area contributed by atoms with Crippen LogP contribution in [0.2, 0.25) is 0 Å². The van der Waals surface area contributed by atoms with Crippen molar-refractivity contribution in [1.82, 2.24) is 4.98 Å². The third-order valence-electron chi connectivity index (χ3n) is 4.67. The van der Waals surface area contributed by atoms with E-state index in [-0.39, 0.29) is 12.5 Å². The van der Waals surface area contributed by atoms with Crippen molar-refractivity contribution in [2.45, 2.75) is 20.5 Å². The number of anilines is 2. The Morgan fingerprint density at radius 2 is 1.80 bits per heavy atom. The Morgan fingerprint density at radius 1 is 1.03 bits per heavy atom. The first-order valence-electron chi connectivity index (χ1n) is 9.49. The third-order valence-corrected chi connectivity index (χ3v) is 5.54. The van der Waals surface area contributed by atoms with Crippen LogP contribution in [0.5, 0.6) is 0 Å². The zero-order chi connectivity index (χ0) is 21.1. The van der Waals surface area contributed by atoms with Gasteiger partial charge in [-0.3, -0.25) is 9.69 Å². The van der Waals surface area contributed by atoms with E-state index < -0.39 is 5.97 Å². The fourth-order valence-corrected chi connectivity index (χ4v) is 4.15. The topological polar surface area (TPSA) is 59.5 Å². The summed E-state index contributed by atoms with van der Waals surface area (Å²) in [7, 11) is 0. The lowest BCUT2D eigenvalue weighted by Gasteiger charge is -2.18. The number of hydrogen-bond donors (Lipinski definition) is 0. The van der Waals surface area contributed by atoms with Crippen LogP contribution in [0.15, 0.2) is 72.1 Å². The summed E-state index contributed by atoms with van der Waals surface area (Å²) >= 11 is 1.34. The van der Waals surface area contributed by atoms with Gasteiger partial charge < -0.3 is 4.74 Å². The first kappa shape index (κ1) is 19.8. The average Bonchev–Trinajstić information content (AvgIpc) is 3.20. The monoisotopic (exact) mass is 416 g/mol. The van der Waals surface area contributed by atoms with Gasteiger partial charge in [-0.25, -0.2) is 9.78 Å². The van der Waals surface area contributed by atoms with Crippen LogP contribution in [0.1, 0.15) is 28.5 Å². The van der Waals surface area contributed by atoms with Crippen molar-refractivity contribution < 1.29 is 14.3 Å². The highest BCUT2D eigenvalue weighted by atomic mass is 32.1. The van der Waals surface area contributed by atoms with E-state index >= 15 is 0 Å². The largest absolute Gasteiger partial charge is 0.456 e. The number of aromatic nitrogens is 1. The molecule has 150 valence electrons. The van der Waals surface area contributed by atoms with Gasteiger partial charge in [0.15, 0.2) is 5.13 Å². The molecule has 0 atom stereocenters. The zero-order valence-corrected chi connectivity index (χ0v) is 17.5. The minimum absolute atomic E-state index is 0.0398. The number of fused-ring (bicyclic) bond motifs is 1. The predicted octanol–water partition coefficient (Wildman–Crippen LogP) is 5.65. The van der Waals surface area contributed by atoms with Crippen molar-refractivity contribution in [3.63, 3.8) is 0 Å². The minimum Gasteiger partial charge on any atom is -0.456 e. The number of carbonyl (C=O) groups is 2. The molecule has 1 aromatic heterocycles. The summed E-state index contributed by atoms with van der Waals surface area (Å²) < 4.78 is 5.50. The molecule has 6 heteroatoms. The number of hydrogen-bond acceptors (Lipinski definition) is 5. The number of amides is 1. The highest BCUT2D eigenvalue weighted by molar-refractivity contribution is 7.14. The molecule has 0 unspecified atom stereocenters. The molecule has 0 aliphatic carbocycles. The molecule has 0 saturated carbocycles. The number of nitrogens with zero attached hydrogens (tertiary/aromatic N) is 2. The van der Waals surface area contributed by atoms with Crippen molar-refractivity contribution in [3.8, 4) is 0 Å². The van der Waals surface area contributed by atoms with Gasteiger partial charge in [-0.1, -0.05) is 48.5 Å². The molecule has 0 spiro atoms. The van der Waals surface area contributed by atoms with E-state index in [1.165, 1.54) is 18.3 Å². The van der Waals surface area contributed by atoms with Gasteiger partial charge in [0.25, 0.3) is 0 Å². The Bertz CT molecular complexity index is 1230. The smallest absolute Gasteiger partial charge is 0.339 e. The quantitative estimate of drug-likeness (QED) is 0.395. The molecular weight excluding hydrogens is 396 g/mol. The van der Waals surface area contributed by atoms with Gasteiger partial charge in [0.05, 0.1) is 16.9 Å². The van der Waals surface area contributed by atoms with E-state index in [1.807, 2.05) is 67.6 Å². The van der Waals surface area contributed by atoms with Gasteiger partial charge in [0.2, 0.25) is 5.91 Å². The second-order valence-corrected chi connectivity index (χ2v) is 7.75. The molecule has 5 nitrogen and oxygen atoms in total. The van der Waals surface area contributed by atoms with E-state index in [4.69, 9.17) is 4.74 Å². The van der Waals surface area contributed by atoms with Crippen molar-refractivity contribution in [2.75, 3.05) is 4.90 Å². The van der Waals surface area contributed by atoms with Crippen LogP contribution in [0, 0.1) is 6.92 Å². The summed E-state index contributed by atoms with van der Waals surface area (Å²) in [6.45, 7) is 3.52. The predicted molar refractivity (Wildman–Crippen MR) is 119 cm³/mol. The van der Waals surface area contributed by atoms with Crippen LogP contribution in [0.3, 0.4) is 0 Å². The maximum atomic E-state index is 12.6. The normalized spacial score (nSPS) is 10.7. The maximum Gasteiger partial charge on any atom is 0.339 e. The van der Waals surface area contributed by atoms with Crippen LogP contribution in [0.4, 0.5) is 10.8 Å². The summed E-state index contributed by atoms with van der Waals surface area (Å²) in [5.41, 5.74) is 2.94. The van der Waals surface area contributed by atoms with Gasteiger partial charge >= 0.3 is 5.97 Å². The van der Waals surface area contributed by atoms with Gasteiger partial charge in [-0.05, 0) is 41.5 Å². The van der Waals surface area contributed by atoms with Crippen LogP contribution >= 0.6 is 11.3 Å². The first-order chi connectivity index (χ1) is 14.5. The number of benzene rings is 3. The molecule has 1 heterocycles. The van der Waals surface area contributed by atoms with Crippen LogP contribution in [0.25, 0.3) is 10.8 Å². The molecule has 3 aromatic carbocycles. The summed E-state index contributed by atoms with van der Waals surface area (Å²) in [6, 6.07) is 20.9. The van der Waals surface area contributed by atoms with Crippen molar-refractivity contribution in [1.29, 1.82) is 0 Å². The van der Waals surface area contributed by atoms with Gasteiger partial charge in [-0.15, -0.1) is 11.3 Å². The molecule has 30 heavy (non-hydrogen) atoms. The van der Waals surface area contributed by atoms with Crippen molar-refractivity contribution in [3.05, 3.63) is 88.9 Å². The lowest BCUT2D eigenvalue weighted by molar-refractivity contribution is -0.115. The fraction of sp³-hybridized carbons (Fsp3) is 0.125. The molecule has 0 N–H and O–H groups in total. The lowest BCUT2D eigenvalue weighted by atomic mass is 10.1. The van der Waals surface area contributed by atoms with Crippen molar-refractivity contribution >= 4 is 44.8 Å². The molecule has 0 aliphatic heterocycles. The number of carbonyl (C=O) groups excluding carboxylic acids is 2. The SMILES string of the molecule is CC(=O)N(c1cccc(C)c1)c1nc(COC(=O)c2cccc3ccccc23)cs1. The molecule has 0 radical (unpaired) electrons. The standard InChI is InChI=1S/C24H20N2O3S/c1-16-7-5-10-20(13-16)26(17(2)27)24-25-19(15-30-24)14-29-23(28)22-12-6-9-18-8-3-4-11-21(18)22/h3-13,15H,14H2,1-2H3. The molecule has 1 amide bonds. The average molecular weight is 417 g/mol. The Kier molecular flexibility index (Phi) is 5.59. The Morgan fingerprint density at radius 3 is 2.60 bits per heavy atom. The van der Waals surface area contributed by atoms with Crippen LogP contribution in [-0.4, -0.2) is 16.9 Å². The number of aryl methyl sites for hydroxylation is 1. The minimum atomic E-state index is -0.400. The number of esters is 1. The van der Waals surface area contributed by atoms with Gasteiger partial charge in [0, 0.05) is 12.3 Å².